The van der Waals surface area contributed by atoms with E-state index in [4.69, 9.17) is 0 Å². The Hall–Kier alpha value is -0.670. The molecule has 3 nitrogen and oxygen atoms in total. The number of rotatable bonds is 1. The predicted octanol–water partition coefficient (Wildman–Crippen LogP) is 2.07. The molecule has 0 spiro atoms. The van der Waals surface area contributed by atoms with Gasteiger partial charge in [0.15, 0.2) is 5.78 Å². The van der Waals surface area contributed by atoms with E-state index >= 15 is 0 Å². The summed E-state index contributed by atoms with van der Waals surface area (Å²) in [7, 11) is 0. The van der Waals surface area contributed by atoms with Crippen molar-refractivity contribution >= 4 is 5.78 Å². The van der Waals surface area contributed by atoms with Gasteiger partial charge in [0.1, 0.15) is 0 Å². The zero-order chi connectivity index (χ0) is 13.7. The van der Waals surface area contributed by atoms with Crippen molar-refractivity contribution in [2.75, 3.05) is 0 Å². The highest BCUT2D eigenvalue weighted by Gasteiger charge is 2.58. The van der Waals surface area contributed by atoms with Crippen molar-refractivity contribution in [3.8, 4) is 0 Å². The summed E-state index contributed by atoms with van der Waals surface area (Å²) in [6, 6.07) is 0. The molecule has 102 valence electrons. The maximum atomic E-state index is 12.4. The van der Waals surface area contributed by atoms with E-state index in [1.165, 1.54) is 0 Å². The molecule has 4 atom stereocenters. The van der Waals surface area contributed by atoms with Crippen LogP contribution in [0.3, 0.4) is 0 Å². The van der Waals surface area contributed by atoms with E-state index in [0.29, 0.717) is 12.8 Å². The molecule has 2 rings (SSSR count). The molecule has 4 unspecified atom stereocenters. The van der Waals surface area contributed by atoms with Gasteiger partial charge in [-0.1, -0.05) is 20.8 Å². The van der Waals surface area contributed by atoms with E-state index in [1.54, 1.807) is 13.0 Å². The Bertz CT molecular complexity index is 399. The van der Waals surface area contributed by atoms with Gasteiger partial charge in [0.05, 0.1) is 17.6 Å². The highest BCUT2D eigenvalue weighted by atomic mass is 16.3. The second-order valence-electron chi connectivity index (χ2n) is 6.74. The second kappa shape index (κ2) is 4.17. The lowest BCUT2D eigenvalue weighted by molar-refractivity contribution is -0.135. The van der Waals surface area contributed by atoms with Gasteiger partial charge >= 0.3 is 0 Å². The van der Waals surface area contributed by atoms with Crippen molar-refractivity contribution in [3.63, 3.8) is 0 Å². The minimum absolute atomic E-state index is 0.0137. The van der Waals surface area contributed by atoms with Crippen molar-refractivity contribution in [2.45, 2.75) is 58.7 Å². The number of allylic oxidation sites excluding steroid dienone is 1. The molecule has 0 saturated heterocycles. The first-order chi connectivity index (χ1) is 8.20. The quantitative estimate of drug-likeness (QED) is 0.751. The molecular weight excluding hydrogens is 228 g/mol. The average molecular weight is 252 g/mol. The van der Waals surface area contributed by atoms with Crippen molar-refractivity contribution < 1.29 is 15.0 Å². The minimum atomic E-state index is -0.924. The first-order valence-corrected chi connectivity index (χ1v) is 6.83. The smallest absolute Gasteiger partial charge is 0.162 e. The summed E-state index contributed by atoms with van der Waals surface area (Å²) in [5.41, 5.74) is -0.488. The number of carbonyl (C=O) groups excluding carboxylic acids is 1. The summed E-state index contributed by atoms with van der Waals surface area (Å²) in [6.45, 7) is 7.76. The van der Waals surface area contributed by atoms with Gasteiger partial charge in [-0.25, -0.2) is 0 Å². The van der Waals surface area contributed by atoms with Crippen LogP contribution in [0.15, 0.2) is 11.6 Å². The van der Waals surface area contributed by atoms with Gasteiger partial charge in [0, 0.05) is 0 Å². The van der Waals surface area contributed by atoms with E-state index in [1.807, 2.05) is 20.8 Å². The van der Waals surface area contributed by atoms with Crippen LogP contribution >= 0.6 is 0 Å². The number of hydrogen-bond acceptors (Lipinski definition) is 3. The van der Waals surface area contributed by atoms with E-state index in [9.17, 15) is 15.0 Å². The van der Waals surface area contributed by atoms with Crippen molar-refractivity contribution in [2.24, 2.45) is 17.3 Å². The zero-order valence-electron chi connectivity index (χ0n) is 11.7. The Morgan fingerprint density at radius 3 is 2.56 bits per heavy atom. The van der Waals surface area contributed by atoms with E-state index < -0.39 is 11.7 Å². The highest BCUT2D eigenvalue weighted by molar-refractivity contribution is 5.94. The van der Waals surface area contributed by atoms with Crippen LogP contribution < -0.4 is 0 Å². The zero-order valence-corrected chi connectivity index (χ0v) is 11.7. The largest absolute Gasteiger partial charge is 0.389 e. The van der Waals surface area contributed by atoms with Crippen LogP contribution in [-0.2, 0) is 4.79 Å². The van der Waals surface area contributed by atoms with Crippen molar-refractivity contribution in [1.82, 2.24) is 0 Å². The summed E-state index contributed by atoms with van der Waals surface area (Å²) in [5, 5.41) is 21.0. The van der Waals surface area contributed by atoms with Crippen LogP contribution in [0.5, 0.6) is 0 Å². The molecule has 0 heterocycles. The summed E-state index contributed by atoms with van der Waals surface area (Å²) in [4.78, 5) is 12.4. The van der Waals surface area contributed by atoms with Crippen LogP contribution in [0.25, 0.3) is 0 Å². The molecule has 18 heavy (non-hydrogen) atoms. The normalized spacial score (nSPS) is 44.8. The Morgan fingerprint density at radius 2 is 2.00 bits per heavy atom. The molecule has 0 aromatic heterocycles. The summed E-state index contributed by atoms with van der Waals surface area (Å²) >= 11 is 0. The monoisotopic (exact) mass is 252 g/mol. The van der Waals surface area contributed by atoms with Crippen LogP contribution in [0.1, 0.15) is 47.0 Å². The van der Waals surface area contributed by atoms with Gasteiger partial charge in [-0.05, 0) is 49.2 Å². The van der Waals surface area contributed by atoms with Gasteiger partial charge in [-0.2, -0.15) is 0 Å². The Balaban J connectivity index is 2.47. The summed E-state index contributed by atoms with van der Waals surface area (Å²) in [5.74, 6) is -0.338. The lowest BCUT2D eigenvalue weighted by Crippen LogP contribution is -2.47. The average Bonchev–Trinajstić information content (AvgIpc) is 2.47. The third-order valence-corrected chi connectivity index (χ3v) is 5.13. The summed E-state index contributed by atoms with van der Waals surface area (Å²) in [6.07, 6.45) is 3.01. The SMILES string of the molecule is CC1=CC(=O)C2C(C)(CCC2(O)C(C)C)CC1O. The van der Waals surface area contributed by atoms with Crippen LogP contribution in [0, 0.1) is 17.3 Å². The van der Waals surface area contributed by atoms with Crippen molar-refractivity contribution in [1.29, 1.82) is 0 Å². The van der Waals surface area contributed by atoms with Gasteiger partial charge in [-0.15, -0.1) is 0 Å². The molecule has 0 bridgehead atoms. The molecule has 0 aliphatic heterocycles. The number of aliphatic hydroxyl groups is 2. The molecule has 2 aliphatic rings. The number of carbonyl (C=O) groups is 1. The molecule has 0 aromatic rings. The Morgan fingerprint density at radius 1 is 1.39 bits per heavy atom. The fourth-order valence-corrected chi connectivity index (χ4v) is 3.82. The van der Waals surface area contributed by atoms with Crippen molar-refractivity contribution in [3.05, 3.63) is 11.6 Å². The molecule has 0 radical (unpaired) electrons. The highest BCUT2D eigenvalue weighted by Crippen LogP contribution is 2.56. The number of hydrogen-bond donors (Lipinski definition) is 2. The van der Waals surface area contributed by atoms with E-state index in [0.717, 1.165) is 12.0 Å². The lowest BCUT2D eigenvalue weighted by atomic mass is 9.68. The molecule has 2 aliphatic carbocycles. The van der Waals surface area contributed by atoms with Crippen LogP contribution in [0.4, 0.5) is 0 Å². The fraction of sp³-hybridized carbons (Fsp3) is 0.800. The maximum absolute atomic E-state index is 12.4. The first kappa shape index (κ1) is 13.8. The van der Waals surface area contributed by atoms with Gasteiger partial charge in [-0.3, -0.25) is 4.79 Å². The van der Waals surface area contributed by atoms with E-state index in [-0.39, 0.29) is 23.0 Å². The lowest BCUT2D eigenvalue weighted by Gasteiger charge is -2.38. The fourth-order valence-electron chi connectivity index (χ4n) is 3.82. The molecule has 0 aromatic carbocycles. The van der Waals surface area contributed by atoms with Gasteiger partial charge < -0.3 is 10.2 Å². The second-order valence-corrected chi connectivity index (χ2v) is 6.74. The number of aliphatic hydroxyl groups excluding tert-OH is 1. The number of fused-ring (bicyclic) bond motifs is 1. The van der Waals surface area contributed by atoms with Crippen LogP contribution in [-0.4, -0.2) is 27.7 Å². The topological polar surface area (TPSA) is 57.5 Å². The maximum Gasteiger partial charge on any atom is 0.162 e. The van der Waals surface area contributed by atoms with Crippen LogP contribution in [0.2, 0.25) is 0 Å². The first-order valence-electron chi connectivity index (χ1n) is 6.83. The van der Waals surface area contributed by atoms with Gasteiger partial charge in [0.2, 0.25) is 0 Å². The standard InChI is InChI=1S/C15H24O3/c1-9(2)15(18)6-5-14(4)8-12(17)10(3)7-11(16)13(14)15/h7,9,12-13,17-18H,5-6,8H2,1-4H3. The third kappa shape index (κ3) is 1.84. The Kier molecular flexibility index (Phi) is 3.19. The molecular formula is C15H24O3. The number of ketones is 1. The minimum Gasteiger partial charge on any atom is -0.389 e. The van der Waals surface area contributed by atoms with E-state index in [2.05, 4.69) is 0 Å². The molecule has 1 fully saturated rings. The van der Waals surface area contributed by atoms with Gasteiger partial charge in [0.25, 0.3) is 0 Å². The molecule has 2 N–H and O–H groups in total. The summed E-state index contributed by atoms with van der Waals surface area (Å²) < 4.78 is 0. The molecule has 0 amide bonds. The predicted molar refractivity (Wildman–Crippen MR) is 70.0 cm³/mol. The third-order valence-electron chi connectivity index (χ3n) is 5.13. The molecule has 3 heteroatoms. The molecule has 1 saturated carbocycles. The Labute approximate surface area is 109 Å².